The Morgan fingerprint density at radius 3 is 2.71 bits per heavy atom. The zero-order valence-electron chi connectivity index (χ0n) is 12.4. The molecule has 1 aromatic heterocycles. The zero-order valence-corrected chi connectivity index (χ0v) is 12.4. The average Bonchev–Trinajstić information content (AvgIpc) is 2.50. The van der Waals surface area contributed by atoms with Gasteiger partial charge < -0.3 is 19.9 Å². The molecule has 0 atom stereocenters. The van der Waals surface area contributed by atoms with E-state index in [4.69, 9.17) is 19.9 Å². The molecule has 114 valence electrons. The second-order valence-electron chi connectivity index (χ2n) is 4.74. The number of fused-ring (bicyclic) bond motifs is 1. The molecular formula is C16H22N2O3. The van der Waals surface area contributed by atoms with Gasteiger partial charge in [-0.2, -0.15) is 0 Å². The average molecular weight is 290 g/mol. The summed E-state index contributed by atoms with van der Waals surface area (Å²) >= 11 is 0. The molecular weight excluding hydrogens is 268 g/mol. The van der Waals surface area contributed by atoms with Crippen molar-refractivity contribution in [1.82, 2.24) is 4.98 Å². The fourth-order valence-corrected chi connectivity index (χ4v) is 2.00. The molecule has 0 bridgehead atoms. The summed E-state index contributed by atoms with van der Waals surface area (Å²) in [5, 5.41) is 1.07. The fourth-order valence-electron chi connectivity index (χ4n) is 2.00. The molecule has 0 unspecified atom stereocenters. The minimum Gasteiger partial charge on any atom is -0.385 e. The second-order valence-corrected chi connectivity index (χ2v) is 4.74. The largest absolute Gasteiger partial charge is 0.385 e. The summed E-state index contributed by atoms with van der Waals surface area (Å²) < 4.78 is 15.9. The number of nitrogens with zero attached hydrogens (tertiary/aromatic N) is 1. The van der Waals surface area contributed by atoms with Crippen molar-refractivity contribution in [3.05, 3.63) is 35.9 Å². The van der Waals surface area contributed by atoms with Crippen LogP contribution >= 0.6 is 0 Å². The molecule has 0 saturated heterocycles. The third-order valence-corrected chi connectivity index (χ3v) is 3.10. The number of methoxy groups -OCH3 is 1. The van der Waals surface area contributed by atoms with Crippen molar-refractivity contribution >= 4 is 16.7 Å². The van der Waals surface area contributed by atoms with Crippen LogP contribution in [0.4, 0.5) is 5.82 Å². The number of benzene rings is 1. The van der Waals surface area contributed by atoms with E-state index in [1.807, 2.05) is 30.3 Å². The highest BCUT2D eigenvalue weighted by Gasteiger charge is 2.04. The van der Waals surface area contributed by atoms with Gasteiger partial charge in [0.05, 0.1) is 25.3 Å². The normalized spacial score (nSPS) is 11.1. The molecule has 0 amide bonds. The van der Waals surface area contributed by atoms with E-state index in [0.29, 0.717) is 32.2 Å². The van der Waals surface area contributed by atoms with Gasteiger partial charge >= 0.3 is 0 Å². The van der Waals surface area contributed by atoms with Gasteiger partial charge in [-0.15, -0.1) is 0 Å². The van der Waals surface area contributed by atoms with Gasteiger partial charge in [-0.05, 0) is 18.6 Å². The van der Waals surface area contributed by atoms with Crippen LogP contribution in [0, 0.1) is 0 Å². The van der Waals surface area contributed by atoms with Crippen molar-refractivity contribution in [3.63, 3.8) is 0 Å². The van der Waals surface area contributed by atoms with E-state index in [-0.39, 0.29) is 0 Å². The number of hydrogen-bond acceptors (Lipinski definition) is 5. The van der Waals surface area contributed by atoms with E-state index in [2.05, 4.69) is 4.98 Å². The molecule has 1 aromatic carbocycles. The van der Waals surface area contributed by atoms with Crippen LogP contribution in [-0.4, -0.2) is 38.5 Å². The maximum Gasteiger partial charge on any atom is 0.129 e. The Kier molecular flexibility index (Phi) is 6.40. The van der Waals surface area contributed by atoms with Crippen LogP contribution < -0.4 is 5.73 Å². The molecule has 5 nitrogen and oxygen atoms in total. The molecule has 0 fully saturated rings. The Morgan fingerprint density at radius 1 is 1.05 bits per heavy atom. The number of nitrogen functional groups attached to an aromatic ring is 1. The zero-order chi connectivity index (χ0) is 14.9. The summed E-state index contributed by atoms with van der Waals surface area (Å²) in [6, 6.07) is 9.93. The Balaban J connectivity index is 1.74. The minimum atomic E-state index is 0.450. The number of rotatable bonds is 9. The van der Waals surface area contributed by atoms with Gasteiger partial charge in [-0.1, -0.05) is 18.2 Å². The first-order valence-electron chi connectivity index (χ1n) is 7.10. The molecule has 2 rings (SSSR count). The standard InChI is InChI=1S/C16H22N2O3/c1-19-7-4-8-20-9-10-21-12-14-11-13-5-2-3-6-15(13)18-16(14)17/h2-3,5-6,11H,4,7-10,12H2,1H3,(H2,17,18). The summed E-state index contributed by atoms with van der Waals surface area (Å²) in [6.45, 7) is 2.98. The topological polar surface area (TPSA) is 66.6 Å². The van der Waals surface area contributed by atoms with Gasteiger partial charge in [0.2, 0.25) is 0 Å². The van der Waals surface area contributed by atoms with Crippen LogP contribution in [0.1, 0.15) is 12.0 Å². The first-order valence-corrected chi connectivity index (χ1v) is 7.10. The van der Waals surface area contributed by atoms with Gasteiger partial charge in [-0.25, -0.2) is 4.98 Å². The molecule has 2 aromatic rings. The molecule has 1 heterocycles. The van der Waals surface area contributed by atoms with Crippen LogP contribution in [0.3, 0.4) is 0 Å². The second kappa shape index (κ2) is 8.56. The summed E-state index contributed by atoms with van der Waals surface area (Å²) in [5.74, 6) is 0.523. The lowest BCUT2D eigenvalue weighted by molar-refractivity contribution is 0.0338. The van der Waals surface area contributed by atoms with E-state index in [0.717, 1.165) is 29.5 Å². The van der Waals surface area contributed by atoms with E-state index >= 15 is 0 Å². The lowest BCUT2D eigenvalue weighted by Crippen LogP contribution is -2.08. The van der Waals surface area contributed by atoms with Gasteiger partial charge in [0, 0.05) is 31.3 Å². The Morgan fingerprint density at radius 2 is 1.86 bits per heavy atom. The van der Waals surface area contributed by atoms with Crippen LogP contribution in [0.25, 0.3) is 10.9 Å². The van der Waals surface area contributed by atoms with Crippen molar-refractivity contribution in [1.29, 1.82) is 0 Å². The molecule has 5 heteroatoms. The predicted octanol–water partition coefficient (Wildman–Crippen LogP) is 2.39. The third-order valence-electron chi connectivity index (χ3n) is 3.10. The molecule has 0 aliphatic heterocycles. The van der Waals surface area contributed by atoms with E-state index in [1.54, 1.807) is 7.11 Å². The van der Waals surface area contributed by atoms with Crippen molar-refractivity contribution in [2.24, 2.45) is 0 Å². The number of para-hydroxylation sites is 1. The van der Waals surface area contributed by atoms with Crippen molar-refractivity contribution in [2.45, 2.75) is 13.0 Å². The number of nitrogens with two attached hydrogens (primary N) is 1. The minimum absolute atomic E-state index is 0.450. The predicted molar refractivity (Wildman–Crippen MR) is 83.1 cm³/mol. The Labute approximate surface area is 125 Å². The molecule has 0 aliphatic rings. The fraction of sp³-hybridized carbons (Fsp3) is 0.438. The van der Waals surface area contributed by atoms with Crippen LogP contribution in [0.15, 0.2) is 30.3 Å². The highest BCUT2D eigenvalue weighted by Crippen LogP contribution is 2.18. The number of ether oxygens (including phenoxy) is 3. The summed E-state index contributed by atoms with van der Waals surface area (Å²) in [7, 11) is 1.69. The molecule has 0 aliphatic carbocycles. The summed E-state index contributed by atoms with van der Waals surface area (Å²) in [6.07, 6.45) is 0.901. The SMILES string of the molecule is COCCCOCCOCc1cc2ccccc2nc1N. The summed E-state index contributed by atoms with van der Waals surface area (Å²) in [4.78, 5) is 4.38. The van der Waals surface area contributed by atoms with Gasteiger partial charge in [-0.3, -0.25) is 0 Å². The molecule has 0 saturated carbocycles. The lowest BCUT2D eigenvalue weighted by Gasteiger charge is -2.09. The maximum absolute atomic E-state index is 5.95. The highest BCUT2D eigenvalue weighted by molar-refractivity contribution is 5.81. The van der Waals surface area contributed by atoms with Crippen LogP contribution in [0.5, 0.6) is 0 Å². The van der Waals surface area contributed by atoms with Gasteiger partial charge in [0.15, 0.2) is 0 Å². The third kappa shape index (κ3) is 4.97. The summed E-state index contributed by atoms with van der Waals surface area (Å²) in [5.41, 5.74) is 7.76. The van der Waals surface area contributed by atoms with Crippen LogP contribution in [-0.2, 0) is 20.8 Å². The Bertz CT molecular complexity index is 560. The molecule has 0 spiro atoms. The van der Waals surface area contributed by atoms with Crippen LogP contribution in [0.2, 0.25) is 0 Å². The van der Waals surface area contributed by atoms with E-state index in [9.17, 15) is 0 Å². The Hall–Kier alpha value is -1.69. The highest BCUT2D eigenvalue weighted by atomic mass is 16.5. The number of hydrogen-bond donors (Lipinski definition) is 1. The van der Waals surface area contributed by atoms with Gasteiger partial charge in [0.25, 0.3) is 0 Å². The first-order chi connectivity index (χ1) is 10.3. The van der Waals surface area contributed by atoms with Crippen molar-refractivity contribution in [2.75, 3.05) is 39.3 Å². The maximum atomic E-state index is 5.95. The lowest BCUT2D eigenvalue weighted by atomic mass is 10.1. The molecule has 0 radical (unpaired) electrons. The first kappa shape index (κ1) is 15.7. The number of aromatic nitrogens is 1. The van der Waals surface area contributed by atoms with Crippen molar-refractivity contribution < 1.29 is 14.2 Å². The van der Waals surface area contributed by atoms with E-state index < -0.39 is 0 Å². The van der Waals surface area contributed by atoms with E-state index in [1.165, 1.54) is 0 Å². The molecule has 21 heavy (non-hydrogen) atoms. The number of pyridine rings is 1. The molecule has 2 N–H and O–H groups in total. The quantitative estimate of drug-likeness (QED) is 0.718. The van der Waals surface area contributed by atoms with Crippen molar-refractivity contribution in [3.8, 4) is 0 Å². The number of anilines is 1. The van der Waals surface area contributed by atoms with Gasteiger partial charge in [0.1, 0.15) is 5.82 Å². The monoisotopic (exact) mass is 290 g/mol. The smallest absolute Gasteiger partial charge is 0.129 e.